The lowest BCUT2D eigenvalue weighted by molar-refractivity contribution is 0.0960. The number of hydrogen-bond acceptors (Lipinski definition) is 4. The first kappa shape index (κ1) is 16.7. The number of aromatic nitrogens is 3. The zero-order valence-electron chi connectivity index (χ0n) is 14.6. The molecule has 0 radical (unpaired) electrons. The molecular formula is C20H17N5O2. The topological polar surface area (TPSA) is 92.2 Å². The van der Waals surface area contributed by atoms with E-state index in [4.69, 9.17) is 5.41 Å². The molecule has 3 aromatic heterocycles. The van der Waals surface area contributed by atoms with Gasteiger partial charge in [-0.15, -0.1) is 0 Å². The maximum absolute atomic E-state index is 13.0. The molecule has 0 saturated heterocycles. The number of carbonyl (C=O) groups is 1. The van der Waals surface area contributed by atoms with Crippen LogP contribution in [-0.4, -0.2) is 26.9 Å². The summed E-state index contributed by atoms with van der Waals surface area (Å²) in [5.41, 5.74) is 1.69. The summed E-state index contributed by atoms with van der Waals surface area (Å²) >= 11 is 0. The molecule has 0 aliphatic heterocycles. The van der Waals surface area contributed by atoms with E-state index in [9.17, 15) is 9.59 Å². The van der Waals surface area contributed by atoms with Crippen molar-refractivity contribution in [1.82, 2.24) is 19.3 Å². The van der Waals surface area contributed by atoms with Crippen molar-refractivity contribution >= 4 is 22.6 Å². The largest absolute Gasteiger partial charge is 0.355 e. The predicted octanol–water partition coefficient (Wildman–Crippen LogP) is 1.54. The van der Waals surface area contributed by atoms with E-state index in [0.29, 0.717) is 23.2 Å². The molecule has 0 atom stereocenters. The molecule has 7 heteroatoms. The smallest absolute Gasteiger partial charge is 0.267 e. The van der Waals surface area contributed by atoms with E-state index in [-0.39, 0.29) is 16.6 Å². The number of rotatable bonds is 3. The lowest BCUT2D eigenvalue weighted by Gasteiger charge is -2.14. The second-order valence-electron chi connectivity index (χ2n) is 6.14. The molecule has 0 aliphatic rings. The molecular weight excluding hydrogens is 342 g/mol. The third-order valence-electron chi connectivity index (χ3n) is 4.47. The highest BCUT2D eigenvalue weighted by Gasteiger charge is 2.16. The van der Waals surface area contributed by atoms with E-state index in [1.807, 2.05) is 30.3 Å². The van der Waals surface area contributed by atoms with E-state index in [2.05, 4.69) is 10.3 Å². The highest BCUT2D eigenvalue weighted by atomic mass is 16.1. The Morgan fingerprint density at radius 2 is 1.89 bits per heavy atom. The zero-order valence-corrected chi connectivity index (χ0v) is 14.6. The van der Waals surface area contributed by atoms with Crippen LogP contribution in [-0.2, 0) is 6.54 Å². The molecule has 0 aliphatic carbocycles. The molecule has 0 unspecified atom stereocenters. The predicted molar refractivity (Wildman–Crippen MR) is 102 cm³/mol. The summed E-state index contributed by atoms with van der Waals surface area (Å²) in [5.74, 6) is -0.415. The van der Waals surface area contributed by atoms with Gasteiger partial charge in [0.25, 0.3) is 11.5 Å². The van der Waals surface area contributed by atoms with Crippen LogP contribution in [0.4, 0.5) is 0 Å². The monoisotopic (exact) mass is 359 g/mol. The molecule has 134 valence electrons. The fourth-order valence-electron chi connectivity index (χ4n) is 3.11. The highest BCUT2D eigenvalue weighted by molar-refractivity contribution is 5.96. The van der Waals surface area contributed by atoms with Gasteiger partial charge in [-0.2, -0.15) is 0 Å². The third-order valence-corrected chi connectivity index (χ3v) is 4.47. The van der Waals surface area contributed by atoms with Gasteiger partial charge in [-0.05, 0) is 23.8 Å². The highest BCUT2D eigenvalue weighted by Crippen LogP contribution is 2.12. The maximum Gasteiger partial charge on any atom is 0.267 e. The number of fused-ring (bicyclic) bond motifs is 2. The molecule has 4 aromatic rings. The minimum absolute atomic E-state index is 0.0119. The maximum atomic E-state index is 13.0. The Balaban J connectivity index is 2.11. The standard InChI is InChI=1S/C20H17N5O2/c1-22-19(26)14-11-15-18(23-16-9-5-6-10-24(16)20(15)27)25(17(14)21)12-13-7-3-2-4-8-13/h2-11,21H,12H2,1H3,(H,22,26). The first-order valence-corrected chi connectivity index (χ1v) is 8.45. The first-order valence-electron chi connectivity index (χ1n) is 8.45. The Morgan fingerprint density at radius 3 is 2.63 bits per heavy atom. The van der Waals surface area contributed by atoms with Crippen LogP contribution in [0.25, 0.3) is 16.7 Å². The van der Waals surface area contributed by atoms with Crippen molar-refractivity contribution in [3.8, 4) is 0 Å². The molecule has 27 heavy (non-hydrogen) atoms. The van der Waals surface area contributed by atoms with Gasteiger partial charge in [-0.25, -0.2) is 4.98 Å². The fourth-order valence-corrected chi connectivity index (χ4v) is 3.11. The Morgan fingerprint density at radius 1 is 1.15 bits per heavy atom. The molecule has 0 spiro atoms. The molecule has 7 nitrogen and oxygen atoms in total. The minimum Gasteiger partial charge on any atom is -0.355 e. The average Bonchev–Trinajstić information content (AvgIpc) is 2.70. The third kappa shape index (κ3) is 2.79. The van der Waals surface area contributed by atoms with Crippen LogP contribution in [0, 0.1) is 5.41 Å². The van der Waals surface area contributed by atoms with Crippen LogP contribution in [0.15, 0.2) is 65.6 Å². The Hall–Kier alpha value is -3.74. The van der Waals surface area contributed by atoms with Gasteiger partial charge in [-0.3, -0.25) is 19.4 Å². The van der Waals surface area contributed by atoms with Crippen LogP contribution in [0.2, 0.25) is 0 Å². The van der Waals surface area contributed by atoms with Gasteiger partial charge in [0, 0.05) is 13.2 Å². The molecule has 0 saturated carbocycles. The second-order valence-corrected chi connectivity index (χ2v) is 6.14. The van der Waals surface area contributed by atoms with E-state index < -0.39 is 5.91 Å². The van der Waals surface area contributed by atoms with E-state index in [1.54, 1.807) is 29.0 Å². The molecule has 3 heterocycles. The summed E-state index contributed by atoms with van der Waals surface area (Å²) in [5, 5.41) is 11.4. The van der Waals surface area contributed by atoms with Gasteiger partial charge in [-0.1, -0.05) is 36.4 Å². The van der Waals surface area contributed by atoms with Crippen molar-refractivity contribution in [2.24, 2.45) is 0 Å². The summed E-state index contributed by atoms with van der Waals surface area (Å²) in [4.78, 5) is 29.9. The van der Waals surface area contributed by atoms with Gasteiger partial charge in [0.2, 0.25) is 0 Å². The van der Waals surface area contributed by atoms with Crippen molar-refractivity contribution < 1.29 is 4.79 Å². The lowest BCUT2D eigenvalue weighted by Crippen LogP contribution is -2.33. The summed E-state index contributed by atoms with van der Waals surface area (Å²) in [6.07, 6.45) is 1.64. The molecule has 2 N–H and O–H groups in total. The Kier molecular flexibility index (Phi) is 4.04. The number of benzene rings is 1. The molecule has 4 rings (SSSR count). The van der Waals surface area contributed by atoms with E-state index in [1.165, 1.54) is 17.5 Å². The summed E-state index contributed by atoms with van der Waals surface area (Å²) < 4.78 is 3.04. The van der Waals surface area contributed by atoms with E-state index >= 15 is 0 Å². The normalized spacial score (nSPS) is 11.0. The fraction of sp³-hybridized carbons (Fsp3) is 0.100. The van der Waals surface area contributed by atoms with Crippen LogP contribution in [0.1, 0.15) is 15.9 Å². The van der Waals surface area contributed by atoms with Gasteiger partial charge >= 0.3 is 0 Å². The van der Waals surface area contributed by atoms with Crippen molar-refractivity contribution in [3.05, 3.63) is 87.8 Å². The Bertz CT molecular complexity index is 1290. The number of hydrogen-bond donors (Lipinski definition) is 2. The molecule has 0 fully saturated rings. The number of carbonyl (C=O) groups excluding carboxylic acids is 1. The van der Waals surface area contributed by atoms with Crippen LogP contribution in [0.3, 0.4) is 0 Å². The van der Waals surface area contributed by atoms with Crippen LogP contribution < -0.4 is 16.4 Å². The summed E-state index contributed by atoms with van der Waals surface area (Å²) in [6.45, 7) is 0.330. The van der Waals surface area contributed by atoms with Crippen molar-refractivity contribution in [2.75, 3.05) is 7.05 Å². The van der Waals surface area contributed by atoms with Crippen molar-refractivity contribution in [2.45, 2.75) is 6.54 Å². The molecule has 0 bridgehead atoms. The minimum atomic E-state index is -0.415. The van der Waals surface area contributed by atoms with Crippen molar-refractivity contribution in [1.29, 1.82) is 5.41 Å². The first-order chi connectivity index (χ1) is 13.1. The molecule has 1 amide bonds. The average molecular weight is 359 g/mol. The van der Waals surface area contributed by atoms with Gasteiger partial charge < -0.3 is 9.88 Å². The quantitative estimate of drug-likeness (QED) is 0.544. The Labute approximate surface area is 154 Å². The molecule has 1 aromatic carbocycles. The van der Waals surface area contributed by atoms with Crippen molar-refractivity contribution in [3.63, 3.8) is 0 Å². The number of nitrogens with zero attached hydrogens (tertiary/aromatic N) is 3. The van der Waals surface area contributed by atoms with Gasteiger partial charge in [0.05, 0.1) is 17.5 Å². The van der Waals surface area contributed by atoms with Crippen LogP contribution >= 0.6 is 0 Å². The van der Waals surface area contributed by atoms with E-state index in [0.717, 1.165) is 5.56 Å². The van der Waals surface area contributed by atoms with Crippen LogP contribution in [0.5, 0.6) is 0 Å². The number of pyridine rings is 2. The van der Waals surface area contributed by atoms with Gasteiger partial charge in [0.15, 0.2) is 0 Å². The lowest BCUT2D eigenvalue weighted by atomic mass is 10.1. The number of amides is 1. The number of nitrogens with one attached hydrogen (secondary N) is 2. The van der Waals surface area contributed by atoms with Gasteiger partial charge in [0.1, 0.15) is 16.8 Å². The summed E-state index contributed by atoms with van der Waals surface area (Å²) in [7, 11) is 1.50. The summed E-state index contributed by atoms with van der Waals surface area (Å²) in [6, 6.07) is 16.3. The SMILES string of the molecule is CNC(=O)c1cc2c(=O)n3ccccc3nc2n(Cc2ccccc2)c1=N. The second kappa shape index (κ2) is 6.53. The zero-order chi connectivity index (χ0) is 19.0.